The summed E-state index contributed by atoms with van der Waals surface area (Å²) in [7, 11) is 1.69. The maximum atomic E-state index is 12.9. The summed E-state index contributed by atoms with van der Waals surface area (Å²) in [4.78, 5) is 15.6. The molecular weight excluding hydrogens is 226 g/mol. The Hall–Kier alpha value is -2.04. The smallest absolute Gasteiger partial charge is 0.185 e. The molecule has 0 aliphatic carbocycles. The van der Waals surface area contributed by atoms with Crippen molar-refractivity contribution in [3.63, 3.8) is 0 Å². The molecule has 0 N–H and O–H groups in total. The van der Waals surface area contributed by atoms with Crippen molar-refractivity contribution >= 4 is 5.78 Å². The highest BCUT2D eigenvalue weighted by Gasteiger charge is 2.12. The number of carbonyl (C=O) groups is 1. The molecule has 88 valence electrons. The molecule has 0 amide bonds. The van der Waals surface area contributed by atoms with Gasteiger partial charge in [0.25, 0.3) is 0 Å². The lowest BCUT2D eigenvalue weighted by Gasteiger charge is -2.02. The number of aromatic nitrogens is 2. The number of benzene rings is 1. The second kappa shape index (κ2) is 4.45. The van der Waals surface area contributed by atoms with Gasteiger partial charge in [-0.25, -0.2) is 13.8 Å². The summed E-state index contributed by atoms with van der Waals surface area (Å²) in [5.41, 5.74) is 0.725. The van der Waals surface area contributed by atoms with Gasteiger partial charge in [-0.1, -0.05) is 0 Å². The SMILES string of the molecule is Cn1cncc1C(=O)Cc1cc(F)cc(F)c1. The number of hydrogen-bond donors (Lipinski definition) is 0. The summed E-state index contributed by atoms with van der Waals surface area (Å²) in [5, 5.41) is 0. The van der Waals surface area contributed by atoms with Crippen molar-refractivity contribution in [2.75, 3.05) is 0 Å². The Kier molecular flexibility index (Phi) is 2.99. The first-order chi connectivity index (χ1) is 8.06. The fourth-order valence-electron chi connectivity index (χ4n) is 1.61. The molecule has 1 aromatic heterocycles. The van der Waals surface area contributed by atoms with E-state index in [1.54, 1.807) is 11.6 Å². The molecule has 1 heterocycles. The zero-order valence-electron chi connectivity index (χ0n) is 9.15. The Morgan fingerprint density at radius 1 is 1.29 bits per heavy atom. The van der Waals surface area contributed by atoms with Crippen LogP contribution >= 0.6 is 0 Å². The minimum Gasteiger partial charge on any atom is -0.331 e. The second-order valence-electron chi connectivity index (χ2n) is 3.77. The van der Waals surface area contributed by atoms with Crippen molar-refractivity contribution in [2.45, 2.75) is 6.42 Å². The number of aryl methyl sites for hydroxylation is 1. The molecule has 0 aliphatic rings. The maximum Gasteiger partial charge on any atom is 0.185 e. The number of hydrogen-bond acceptors (Lipinski definition) is 2. The molecule has 2 aromatic rings. The first-order valence-corrected chi connectivity index (χ1v) is 5.01. The fourth-order valence-corrected chi connectivity index (χ4v) is 1.61. The van der Waals surface area contributed by atoms with E-state index in [4.69, 9.17) is 0 Å². The Labute approximate surface area is 96.7 Å². The predicted octanol–water partition coefficient (Wildman–Crippen LogP) is 2.12. The first kappa shape index (κ1) is 11.4. The Morgan fingerprint density at radius 2 is 1.94 bits per heavy atom. The summed E-state index contributed by atoms with van der Waals surface area (Å²) in [6.45, 7) is 0. The molecule has 17 heavy (non-hydrogen) atoms. The number of Topliss-reactive ketones (excluding diaryl/α,β-unsaturated/α-hetero) is 1. The van der Waals surface area contributed by atoms with Crippen LogP contribution in [0, 0.1) is 11.6 Å². The van der Waals surface area contributed by atoms with E-state index in [1.165, 1.54) is 12.5 Å². The summed E-state index contributed by atoms with van der Waals surface area (Å²) >= 11 is 0. The standard InChI is InChI=1S/C12H10F2N2O/c1-16-7-15-6-11(16)12(17)4-8-2-9(13)5-10(14)3-8/h2-3,5-7H,4H2,1H3. The van der Waals surface area contributed by atoms with Gasteiger partial charge in [-0.2, -0.15) is 0 Å². The summed E-state index contributed by atoms with van der Waals surface area (Å²) in [6, 6.07) is 3.08. The van der Waals surface area contributed by atoms with E-state index < -0.39 is 11.6 Å². The van der Waals surface area contributed by atoms with Crippen LogP contribution < -0.4 is 0 Å². The van der Waals surface area contributed by atoms with E-state index in [-0.39, 0.29) is 12.2 Å². The van der Waals surface area contributed by atoms with Gasteiger partial charge in [-0.05, 0) is 17.7 Å². The van der Waals surface area contributed by atoms with Crippen LogP contribution in [-0.2, 0) is 13.5 Å². The largest absolute Gasteiger partial charge is 0.331 e. The monoisotopic (exact) mass is 236 g/mol. The number of imidazole rings is 1. The minimum atomic E-state index is -0.683. The van der Waals surface area contributed by atoms with Crippen LogP contribution in [0.2, 0.25) is 0 Å². The Bertz CT molecular complexity index is 543. The second-order valence-corrected chi connectivity index (χ2v) is 3.77. The molecular formula is C12H10F2N2O. The summed E-state index contributed by atoms with van der Waals surface area (Å²) < 4.78 is 27.4. The molecule has 2 rings (SSSR count). The minimum absolute atomic E-state index is 0.0474. The fraction of sp³-hybridized carbons (Fsp3) is 0.167. The lowest BCUT2D eigenvalue weighted by Crippen LogP contribution is -2.08. The molecule has 0 aliphatic heterocycles. The van der Waals surface area contributed by atoms with E-state index in [0.717, 1.165) is 18.2 Å². The van der Waals surface area contributed by atoms with Crippen molar-refractivity contribution < 1.29 is 13.6 Å². The van der Waals surface area contributed by atoms with Crippen LogP contribution in [0.1, 0.15) is 16.1 Å². The summed E-state index contributed by atoms with van der Waals surface area (Å²) in [5.74, 6) is -1.59. The third-order valence-electron chi connectivity index (χ3n) is 2.39. The van der Waals surface area contributed by atoms with Crippen molar-refractivity contribution in [2.24, 2.45) is 7.05 Å². The number of nitrogens with zero attached hydrogens (tertiary/aromatic N) is 2. The van der Waals surface area contributed by atoms with Gasteiger partial charge in [0.2, 0.25) is 0 Å². The quantitative estimate of drug-likeness (QED) is 0.765. The molecule has 0 saturated carbocycles. The Morgan fingerprint density at radius 3 is 2.47 bits per heavy atom. The highest BCUT2D eigenvalue weighted by atomic mass is 19.1. The summed E-state index contributed by atoms with van der Waals surface area (Å²) in [6.07, 6.45) is 2.88. The van der Waals surface area contributed by atoms with Gasteiger partial charge < -0.3 is 4.57 Å². The number of rotatable bonds is 3. The average Bonchev–Trinajstić information content (AvgIpc) is 2.62. The van der Waals surface area contributed by atoms with Crippen LogP contribution in [0.4, 0.5) is 8.78 Å². The molecule has 5 heteroatoms. The van der Waals surface area contributed by atoms with Gasteiger partial charge in [0, 0.05) is 19.5 Å². The predicted molar refractivity (Wildman–Crippen MR) is 57.6 cm³/mol. The van der Waals surface area contributed by atoms with E-state index in [9.17, 15) is 13.6 Å². The van der Waals surface area contributed by atoms with Crippen molar-refractivity contribution in [3.8, 4) is 0 Å². The van der Waals surface area contributed by atoms with Crippen LogP contribution in [0.25, 0.3) is 0 Å². The number of halogens is 2. The molecule has 0 bridgehead atoms. The van der Waals surface area contributed by atoms with Crippen molar-refractivity contribution in [1.82, 2.24) is 9.55 Å². The van der Waals surface area contributed by atoms with Crippen molar-refractivity contribution in [1.29, 1.82) is 0 Å². The van der Waals surface area contributed by atoms with E-state index in [0.29, 0.717) is 11.3 Å². The van der Waals surface area contributed by atoms with E-state index in [2.05, 4.69) is 4.98 Å². The lowest BCUT2D eigenvalue weighted by atomic mass is 10.1. The molecule has 1 aromatic carbocycles. The normalized spacial score (nSPS) is 10.5. The van der Waals surface area contributed by atoms with E-state index in [1.807, 2.05) is 0 Å². The van der Waals surface area contributed by atoms with Crippen LogP contribution in [0.5, 0.6) is 0 Å². The van der Waals surface area contributed by atoms with Crippen LogP contribution in [-0.4, -0.2) is 15.3 Å². The Balaban J connectivity index is 2.21. The van der Waals surface area contributed by atoms with Gasteiger partial charge in [0.15, 0.2) is 5.78 Å². The van der Waals surface area contributed by atoms with Crippen LogP contribution in [0.3, 0.4) is 0 Å². The third kappa shape index (κ3) is 2.55. The molecule has 0 unspecified atom stereocenters. The maximum absolute atomic E-state index is 12.9. The van der Waals surface area contributed by atoms with E-state index >= 15 is 0 Å². The average molecular weight is 236 g/mol. The van der Waals surface area contributed by atoms with Gasteiger partial charge in [-0.15, -0.1) is 0 Å². The molecule has 0 radical (unpaired) electrons. The number of carbonyl (C=O) groups excluding carboxylic acids is 1. The van der Waals surface area contributed by atoms with Gasteiger partial charge in [0.05, 0.1) is 12.5 Å². The highest BCUT2D eigenvalue weighted by Crippen LogP contribution is 2.11. The lowest BCUT2D eigenvalue weighted by molar-refractivity contribution is 0.0985. The third-order valence-corrected chi connectivity index (χ3v) is 2.39. The number of ketones is 1. The van der Waals surface area contributed by atoms with Gasteiger partial charge >= 0.3 is 0 Å². The topological polar surface area (TPSA) is 34.9 Å². The van der Waals surface area contributed by atoms with Crippen molar-refractivity contribution in [3.05, 3.63) is 53.6 Å². The molecule has 0 fully saturated rings. The van der Waals surface area contributed by atoms with Crippen LogP contribution in [0.15, 0.2) is 30.7 Å². The molecule has 0 saturated heterocycles. The zero-order chi connectivity index (χ0) is 12.4. The van der Waals surface area contributed by atoms with Gasteiger partial charge in [-0.3, -0.25) is 4.79 Å². The highest BCUT2D eigenvalue weighted by molar-refractivity contribution is 5.95. The molecule has 0 atom stereocenters. The zero-order valence-corrected chi connectivity index (χ0v) is 9.15. The van der Waals surface area contributed by atoms with Gasteiger partial charge in [0.1, 0.15) is 17.3 Å². The molecule has 3 nitrogen and oxygen atoms in total. The molecule has 0 spiro atoms. The first-order valence-electron chi connectivity index (χ1n) is 5.01.